The van der Waals surface area contributed by atoms with Gasteiger partial charge >= 0.3 is 11.9 Å². The number of rotatable bonds is 4. The molecule has 3 atom stereocenters. The van der Waals surface area contributed by atoms with Crippen LogP contribution in [-0.2, 0) is 23.8 Å². The Morgan fingerprint density at radius 1 is 1.41 bits per heavy atom. The number of nitrogens with zero attached hydrogens (tertiary/aromatic N) is 1. The Morgan fingerprint density at radius 3 is 2.64 bits per heavy atom. The summed E-state index contributed by atoms with van der Waals surface area (Å²) in [6, 6.07) is 0. The summed E-state index contributed by atoms with van der Waals surface area (Å²) in [4.78, 5) is 27.7. The van der Waals surface area contributed by atoms with Crippen LogP contribution in [0.25, 0.3) is 0 Å². The predicted octanol–water partition coefficient (Wildman–Crippen LogP) is -0.607. The number of aliphatic hydroxyl groups is 1. The van der Waals surface area contributed by atoms with Gasteiger partial charge in [-0.15, -0.1) is 0 Å². The van der Waals surface area contributed by atoms with E-state index >= 15 is 0 Å². The highest BCUT2D eigenvalue weighted by Crippen LogP contribution is 2.25. The van der Waals surface area contributed by atoms with Crippen molar-refractivity contribution in [2.24, 2.45) is 4.99 Å². The fraction of sp³-hybridized carbons (Fsp3) is 0.786. The molecule has 2 heterocycles. The number of esters is 2. The largest absolute Gasteiger partial charge is 0.460 e. The second-order valence-corrected chi connectivity index (χ2v) is 6.51. The van der Waals surface area contributed by atoms with E-state index in [1.54, 1.807) is 27.7 Å². The van der Waals surface area contributed by atoms with Crippen molar-refractivity contribution in [3.05, 3.63) is 0 Å². The molecule has 0 aromatic rings. The SMILES string of the molecule is CC1=N[C@](C)(COC(=O)[C@]2(C)N[C@@](C)(CO)CO2)COC1=O. The van der Waals surface area contributed by atoms with Crippen LogP contribution in [0.2, 0.25) is 0 Å². The van der Waals surface area contributed by atoms with Crippen molar-refractivity contribution in [2.75, 3.05) is 26.4 Å². The first-order valence-electron chi connectivity index (χ1n) is 7.06. The summed E-state index contributed by atoms with van der Waals surface area (Å²) in [5.41, 5.74) is -2.56. The molecule has 0 aromatic heterocycles. The normalized spacial score (nSPS) is 38.4. The Hall–Kier alpha value is -1.51. The number of carbonyl (C=O) groups is 2. The first kappa shape index (κ1) is 16.9. The Bertz CT molecular complexity index is 521. The monoisotopic (exact) mass is 314 g/mol. The highest BCUT2D eigenvalue weighted by atomic mass is 16.6. The lowest BCUT2D eigenvalue weighted by Gasteiger charge is -2.31. The summed E-state index contributed by atoms with van der Waals surface area (Å²) in [6.07, 6.45) is 0. The third-order valence-corrected chi connectivity index (χ3v) is 3.72. The van der Waals surface area contributed by atoms with E-state index in [2.05, 4.69) is 10.3 Å². The minimum Gasteiger partial charge on any atom is -0.460 e. The van der Waals surface area contributed by atoms with Crippen LogP contribution >= 0.6 is 0 Å². The average molecular weight is 314 g/mol. The molecule has 124 valence electrons. The van der Waals surface area contributed by atoms with E-state index < -0.39 is 28.7 Å². The predicted molar refractivity (Wildman–Crippen MR) is 76.4 cm³/mol. The van der Waals surface area contributed by atoms with E-state index in [0.29, 0.717) is 0 Å². The van der Waals surface area contributed by atoms with Gasteiger partial charge in [-0.05, 0) is 27.7 Å². The number of nitrogens with one attached hydrogen (secondary N) is 1. The highest BCUT2D eigenvalue weighted by molar-refractivity contribution is 6.35. The van der Waals surface area contributed by atoms with Crippen molar-refractivity contribution < 1.29 is 28.9 Å². The van der Waals surface area contributed by atoms with Crippen LogP contribution in [0.1, 0.15) is 27.7 Å². The van der Waals surface area contributed by atoms with Gasteiger partial charge in [-0.1, -0.05) is 0 Å². The van der Waals surface area contributed by atoms with Crippen LogP contribution in [0.4, 0.5) is 0 Å². The van der Waals surface area contributed by atoms with Gasteiger partial charge in [0.05, 0.1) is 18.8 Å². The molecule has 2 N–H and O–H groups in total. The molecule has 0 aliphatic carbocycles. The lowest BCUT2D eigenvalue weighted by Crippen LogP contribution is -2.55. The molecule has 0 saturated carbocycles. The van der Waals surface area contributed by atoms with Crippen molar-refractivity contribution in [1.29, 1.82) is 0 Å². The van der Waals surface area contributed by atoms with Crippen LogP contribution in [0.3, 0.4) is 0 Å². The summed E-state index contributed by atoms with van der Waals surface area (Å²) in [5.74, 6) is -1.06. The molecule has 2 rings (SSSR count). The Balaban J connectivity index is 1.98. The molecule has 2 aliphatic heterocycles. The molecule has 8 heteroatoms. The first-order valence-corrected chi connectivity index (χ1v) is 7.06. The summed E-state index contributed by atoms with van der Waals surface area (Å²) in [6.45, 7) is 6.64. The number of aliphatic imine (C=N–C) groups is 1. The van der Waals surface area contributed by atoms with E-state index in [9.17, 15) is 14.7 Å². The van der Waals surface area contributed by atoms with Crippen LogP contribution in [-0.4, -0.2) is 66.0 Å². The molecule has 1 saturated heterocycles. The lowest BCUT2D eigenvalue weighted by molar-refractivity contribution is -0.169. The molecule has 8 nitrogen and oxygen atoms in total. The molecule has 1 fully saturated rings. The van der Waals surface area contributed by atoms with Gasteiger partial charge < -0.3 is 19.3 Å². The van der Waals surface area contributed by atoms with Crippen molar-refractivity contribution >= 4 is 17.7 Å². The van der Waals surface area contributed by atoms with Gasteiger partial charge in [-0.25, -0.2) is 9.59 Å². The third-order valence-electron chi connectivity index (χ3n) is 3.72. The van der Waals surface area contributed by atoms with E-state index in [1.807, 2.05) is 0 Å². The highest BCUT2D eigenvalue weighted by Gasteiger charge is 2.49. The molecular weight excluding hydrogens is 292 g/mol. The molecule has 0 spiro atoms. The molecule has 0 bridgehead atoms. The van der Waals surface area contributed by atoms with Crippen molar-refractivity contribution in [3.8, 4) is 0 Å². The van der Waals surface area contributed by atoms with E-state index in [4.69, 9.17) is 14.2 Å². The van der Waals surface area contributed by atoms with Gasteiger partial charge in [0, 0.05) is 0 Å². The Labute approximate surface area is 128 Å². The van der Waals surface area contributed by atoms with Gasteiger partial charge in [0.15, 0.2) is 0 Å². The van der Waals surface area contributed by atoms with E-state index in [0.717, 1.165) is 0 Å². The molecular formula is C14H22N2O6. The number of hydrogen-bond donors (Lipinski definition) is 2. The smallest absolute Gasteiger partial charge is 0.353 e. The summed E-state index contributed by atoms with van der Waals surface area (Å²) in [7, 11) is 0. The van der Waals surface area contributed by atoms with Gasteiger partial charge in [-0.2, -0.15) is 0 Å². The topological polar surface area (TPSA) is 106 Å². The van der Waals surface area contributed by atoms with Crippen molar-refractivity contribution in [3.63, 3.8) is 0 Å². The molecule has 0 amide bonds. The lowest BCUT2D eigenvalue weighted by atomic mass is 10.0. The van der Waals surface area contributed by atoms with Gasteiger partial charge in [0.25, 0.3) is 0 Å². The fourth-order valence-electron chi connectivity index (χ4n) is 2.39. The third kappa shape index (κ3) is 3.29. The summed E-state index contributed by atoms with van der Waals surface area (Å²) in [5, 5.41) is 12.2. The van der Waals surface area contributed by atoms with E-state index in [1.165, 1.54) is 0 Å². The van der Waals surface area contributed by atoms with Gasteiger partial charge in [0.1, 0.15) is 24.5 Å². The molecule has 22 heavy (non-hydrogen) atoms. The molecule has 0 radical (unpaired) electrons. The molecule has 0 unspecified atom stereocenters. The second kappa shape index (κ2) is 5.60. The Morgan fingerprint density at radius 2 is 2.09 bits per heavy atom. The summed E-state index contributed by atoms with van der Waals surface area (Å²) < 4.78 is 15.7. The van der Waals surface area contributed by atoms with Crippen molar-refractivity contribution in [1.82, 2.24) is 5.32 Å². The second-order valence-electron chi connectivity index (χ2n) is 6.51. The minimum absolute atomic E-state index is 0.0348. The zero-order valence-electron chi connectivity index (χ0n) is 13.3. The van der Waals surface area contributed by atoms with Crippen LogP contribution in [0.15, 0.2) is 4.99 Å². The van der Waals surface area contributed by atoms with Crippen LogP contribution < -0.4 is 5.32 Å². The number of carbonyl (C=O) groups excluding carboxylic acids is 2. The number of cyclic esters (lactones) is 1. The number of hydrogen-bond acceptors (Lipinski definition) is 8. The first-order chi connectivity index (χ1) is 10.1. The molecule has 0 aromatic carbocycles. The number of ether oxygens (including phenoxy) is 3. The quantitative estimate of drug-likeness (QED) is 0.667. The summed E-state index contributed by atoms with van der Waals surface area (Å²) >= 11 is 0. The van der Waals surface area contributed by atoms with Gasteiger partial charge in [0.2, 0.25) is 5.72 Å². The van der Waals surface area contributed by atoms with Gasteiger partial charge in [-0.3, -0.25) is 10.3 Å². The van der Waals surface area contributed by atoms with Crippen LogP contribution in [0, 0.1) is 0 Å². The molecule has 2 aliphatic rings. The standard InChI is InChI=1S/C14H22N2O6/c1-9-10(18)20-6-13(3,15-9)7-21-11(19)14(4)16-12(2,5-17)8-22-14/h16-17H,5-8H2,1-4H3/t12-,13-,14+/m0/s1. The fourth-order valence-corrected chi connectivity index (χ4v) is 2.39. The Kier molecular flexibility index (Phi) is 4.29. The maximum atomic E-state index is 12.3. The zero-order valence-corrected chi connectivity index (χ0v) is 13.3. The van der Waals surface area contributed by atoms with Crippen LogP contribution in [0.5, 0.6) is 0 Å². The minimum atomic E-state index is -1.32. The zero-order chi connectivity index (χ0) is 16.6. The van der Waals surface area contributed by atoms with Crippen molar-refractivity contribution in [2.45, 2.75) is 44.5 Å². The number of aliphatic hydroxyl groups excluding tert-OH is 1. The maximum Gasteiger partial charge on any atom is 0.353 e. The average Bonchev–Trinajstić information content (AvgIpc) is 2.79. The maximum absolute atomic E-state index is 12.3. The van der Waals surface area contributed by atoms with E-state index in [-0.39, 0.29) is 32.1 Å².